The van der Waals surface area contributed by atoms with Gasteiger partial charge in [0, 0.05) is 28.6 Å². The van der Waals surface area contributed by atoms with Gasteiger partial charge in [0.1, 0.15) is 11.8 Å². The highest BCUT2D eigenvalue weighted by Crippen LogP contribution is 2.54. The van der Waals surface area contributed by atoms with Crippen molar-refractivity contribution < 1.29 is 19.3 Å². The molecule has 4 aromatic rings. The molecule has 14 heteroatoms. The Hall–Kier alpha value is -3.97. The van der Waals surface area contributed by atoms with Crippen LogP contribution in [-0.2, 0) is 26.3 Å². The van der Waals surface area contributed by atoms with Gasteiger partial charge in [-0.3, -0.25) is 33.9 Å². The van der Waals surface area contributed by atoms with Crippen LogP contribution in [0.3, 0.4) is 0 Å². The number of imide groups is 1. The number of non-ortho nitro benzene ring substituents is 1. The Morgan fingerprint density at radius 2 is 1.63 bits per heavy atom. The Kier molecular flexibility index (Phi) is 8.34. The highest BCUT2D eigenvalue weighted by atomic mass is 35.5. The van der Waals surface area contributed by atoms with E-state index in [1.54, 1.807) is 12.1 Å². The molecule has 3 atom stereocenters. The van der Waals surface area contributed by atoms with E-state index in [2.05, 4.69) is 26.1 Å². The van der Waals surface area contributed by atoms with Crippen LogP contribution in [0.1, 0.15) is 42.7 Å². The van der Waals surface area contributed by atoms with E-state index in [9.17, 15) is 29.3 Å². The zero-order chi connectivity index (χ0) is 33.1. The molecule has 0 bridgehead atoms. The van der Waals surface area contributed by atoms with Crippen LogP contribution >= 0.6 is 46.3 Å². The van der Waals surface area contributed by atoms with E-state index in [4.69, 9.17) is 23.2 Å². The normalized spacial score (nSPS) is 19.2. The number of nitro groups is 1. The van der Waals surface area contributed by atoms with Gasteiger partial charge in [0.25, 0.3) is 5.69 Å². The van der Waals surface area contributed by atoms with Crippen molar-refractivity contribution in [3.05, 3.63) is 113 Å². The molecule has 0 aliphatic carbocycles. The van der Waals surface area contributed by atoms with Gasteiger partial charge in [-0.1, -0.05) is 91.3 Å². The molecule has 3 aromatic carbocycles. The Morgan fingerprint density at radius 1 is 0.957 bits per heavy atom. The first kappa shape index (κ1) is 32.0. The van der Waals surface area contributed by atoms with E-state index in [-0.39, 0.29) is 28.4 Å². The molecule has 1 fully saturated rings. The molecule has 236 valence electrons. The van der Waals surface area contributed by atoms with Crippen LogP contribution in [0.4, 0.5) is 17.1 Å². The molecular weight excluding hydrogens is 671 g/mol. The summed E-state index contributed by atoms with van der Waals surface area (Å²) in [4.78, 5) is 66.5. The summed E-state index contributed by atoms with van der Waals surface area (Å²) >= 11 is 14.1. The van der Waals surface area contributed by atoms with Gasteiger partial charge < -0.3 is 5.32 Å². The molecule has 0 saturated carbocycles. The standard InChI is InChI=1S/C32H26Cl2N4O6S2/c1-32(2,3)17-6-4-16(5-7-17)24-25-26(29(41)37(28(25)40)19-9-11-20(12-10-19)38(43)44)45-30-27(24)46-31(42)36(30)15-23(39)35-18-8-13-21(33)22(34)14-18/h4-14,24-26H,15H2,1-3H3,(H,35,39)/t24-,25-,26+/m0/s1. The van der Waals surface area contributed by atoms with Crippen LogP contribution in [0.15, 0.2) is 76.6 Å². The van der Waals surface area contributed by atoms with Gasteiger partial charge in [0.2, 0.25) is 17.7 Å². The molecule has 46 heavy (non-hydrogen) atoms. The second kappa shape index (κ2) is 12.0. The van der Waals surface area contributed by atoms with Crippen molar-refractivity contribution >= 4 is 81.1 Å². The number of thiazole rings is 1. The van der Waals surface area contributed by atoms with E-state index in [1.807, 2.05) is 24.3 Å². The molecule has 3 heterocycles. The zero-order valence-corrected chi connectivity index (χ0v) is 27.8. The number of carbonyl (C=O) groups excluding carboxylic acids is 3. The molecule has 0 radical (unpaired) electrons. The van der Waals surface area contributed by atoms with Crippen molar-refractivity contribution in [2.45, 2.75) is 48.9 Å². The first-order valence-corrected chi connectivity index (χ1v) is 16.6. The lowest BCUT2D eigenvalue weighted by molar-refractivity contribution is -0.384. The van der Waals surface area contributed by atoms with Crippen LogP contribution in [-0.4, -0.2) is 32.5 Å². The third-order valence-electron chi connectivity index (χ3n) is 8.01. The predicted molar refractivity (Wildman–Crippen MR) is 179 cm³/mol. The van der Waals surface area contributed by atoms with Crippen molar-refractivity contribution in [1.29, 1.82) is 0 Å². The minimum Gasteiger partial charge on any atom is -0.324 e. The number of benzene rings is 3. The molecule has 0 unspecified atom stereocenters. The van der Waals surface area contributed by atoms with E-state index in [0.29, 0.717) is 20.6 Å². The number of halogens is 2. The zero-order valence-electron chi connectivity index (χ0n) is 24.7. The van der Waals surface area contributed by atoms with Gasteiger partial charge in [0.15, 0.2) is 0 Å². The third-order valence-corrected chi connectivity index (χ3v) is 11.4. The van der Waals surface area contributed by atoms with Crippen molar-refractivity contribution in [2.75, 3.05) is 10.2 Å². The monoisotopic (exact) mass is 696 g/mol. The van der Waals surface area contributed by atoms with Crippen molar-refractivity contribution in [2.24, 2.45) is 5.92 Å². The number of nitro benzene ring substituents is 1. The van der Waals surface area contributed by atoms with E-state index < -0.39 is 44.6 Å². The van der Waals surface area contributed by atoms with Gasteiger partial charge >= 0.3 is 4.87 Å². The number of rotatable bonds is 6. The average Bonchev–Trinajstić information content (AvgIpc) is 3.44. The lowest BCUT2D eigenvalue weighted by atomic mass is 9.81. The smallest absolute Gasteiger partial charge is 0.308 e. The van der Waals surface area contributed by atoms with Crippen LogP contribution < -0.4 is 15.1 Å². The minimum atomic E-state index is -0.902. The third kappa shape index (κ3) is 5.74. The first-order valence-electron chi connectivity index (χ1n) is 14.1. The Labute approximate surface area is 281 Å². The Morgan fingerprint density at radius 3 is 2.24 bits per heavy atom. The predicted octanol–water partition coefficient (Wildman–Crippen LogP) is 6.86. The summed E-state index contributed by atoms with van der Waals surface area (Å²) < 4.78 is 1.33. The molecule has 2 aliphatic heterocycles. The highest BCUT2D eigenvalue weighted by Gasteiger charge is 2.57. The number of nitrogens with one attached hydrogen (secondary N) is 1. The summed E-state index contributed by atoms with van der Waals surface area (Å²) in [5.41, 5.74) is 2.15. The van der Waals surface area contributed by atoms with E-state index in [0.717, 1.165) is 39.1 Å². The average molecular weight is 698 g/mol. The van der Waals surface area contributed by atoms with Crippen molar-refractivity contribution in [3.8, 4) is 0 Å². The maximum Gasteiger partial charge on any atom is 0.308 e. The van der Waals surface area contributed by atoms with Crippen molar-refractivity contribution in [1.82, 2.24) is 4.57 Å². The fourth-order valence-electron chi connectivity index (χ4n) is 5.70. The van der Waals surface area contributed by atoms with Gasteiger partial charge in [-0.2, -0.15) is 0 Å². The molecule has 6 rings (SSSR count). The minimum absolute atomic E-state index is 0.129. The number of hydrogen-bond acceptors (Lipinski definition) is 8. The summed E-state index contributed by atoms with van der Waals surface area (Å²) in [6.45, 7) is 5.93. The van der Waals surface area contributed by atoms with Crippen LogP contribution in [0.25, 0.3) is 0 Å². The quantitative estimate of drug-likeness (QED) is 0.132. The molecule has 3 amide bonds. The molecule has 1 N–H and O–H groups in total. The molecule has 2 aliphatic rings. The number of aromatic nitrogens is 1. The maximum absolute atomic E-state index is 14.1. The van der Waals surface area contributed by atoms with Gasteiger partial charge in [-0.15, -0.1) is 0 Å². The summed E-state index contributed by atoms with van der Waals surface area (Å²) in [6, 6.07) is 17.7. The number of amides is 3. The Bertz CT molecular complexity index is 1970. The number of hydrogen-bond donors (Lipinski definition) is 1. The number of carbonyl (C=O) groups is 3. The first-order chi connectivity index (χ1) is 21.7. The SMILES string of the molecule is CC(C)(C)c1ccc([C@@H]2c3sc(=O)n(CC(=O)Nc4ccc(Cl)c(Cl)c4)c3S[C@H]3C(=O)N(c4ccc([N+](=O)[O-])cc4)C(=O)[C@@H]23)cc1. The molecular formula is C32H26Cl2N4O6S2. The number of fused-ring (bicyclic) bond motifs is 2. The largest absolute Gasteiger partial charge is 0.324 e. The lowest BCUT2D eigenvalue weighted by Gasteiger charge is -2.31. The fraction of sp³-hybridized carbons (Fsp3) is 0.250. The molecule has 1 aromatic heterocycles. The maximum atomic E-state index is 14.1. The topological polar surface area (TPSA) is 132 Å². The number of thioether (sulfide) groups is 1. The Balaban J connectivity index is 1.40. The van der Waals surface area contributed by atoms with Crippen LogP contribution in [0.5, 0.6) is 0 Å². The second-order valence-corrected chi connectivity index (χ2v) is 14.9. The molecule has 10 nitrogen and oxygen atoms in total. The molecule has 0 spiro atoms. The summed E-state index contributed by atoms with van der Waals surface area (Å²) in [7, 11) is 0. The molecule has 1 saturated heterocycles. The van der Waals surface area contributed by atoms with Gasteiger partial charge in [-0.25, -0.2) is 4.90 Å². The fourth-order valence-corrected chi connectivity index (χ4v) is 8.77. The summed E-state index contributed by atoms with van der Waals surface area (Å²) in [5, 5.41) is 14.1. The van der Waals surface area contributed by atoms with Crippen molar-refractivity contribution in [3.63, 3.8) is 0 Å². The van der Waals surface area contributed by atoms with Gasteiger partial charge in [0.05, 0.1) is 31.6 Å². The lowest BCUT2D eigenvalue weighted by Crippen LogP contribution is -2.33. The van der Waals surface area contributed by atoms with E-state index >= 15 is 0 Å². The summed E-state index contributed by atoms with van der Waals surface area (Å²) in [5.74, 6) is -2.95. The number of nitrogens with zero attached hydrogens (tertiary/aromatic N) is 3. The van der Waals surface area contributed by atoms with E-state index in [1.165, 1.54) is 34.9 Å². The second-order valence-electron chi connectivity index (χ2n) is 12.0. The van der Waals surface area contributed by atoms with Crippen LogP contribution in [0, 0.1) is 16.0 Å². The van der Waals surface area contributed by atoms with Gasteiger partial charge in [-0.05, 0) is 46.9 Å². The highest BCUT2D eigenvalue weighted by molar-refractivity contribution is 8.00. The summed E-state index contributed by atoms with van der Waals surface area (Å²) in [6.07, 6.45) is 0. The number of anilines is 2. The van der Waals surface area contributed by atoms with Crippen LogP contribution in [0.2, 0.25) is 10.0 Å².